The molecule has 0 aliphatic carbocycles. The van der Waals surface area contributed by atoms with Crippen LogP contribution >= 0.6 is 0 Å². The van der Waals surface area contributed by atoms with E-state index in [1.54, 1.807) is 0 Å². The number of fused-ring (bicyclic) bond motifs is 18. The minimum Gasteiger partial charge on any atom is -0.310 e. The molecule has 0 amide bonds. The maximum Gasteiger partial charge on any atom is 0.252 e. The van der Waals surface area contributed by atoms with Crippen LogP contribution in [0.15, 0.2) is 473 Å². The van der Waals surface area contributed by atoms with E-state index in [0.29, 0.717) is 0 Å². The van der Waals surface area contributed by atoms with Crippen LogP contribution in [0.4, 0.5) is 34.1 Å². The first-order valence-electron chi connectivity index (χ1n) is 47.1. The van der Waals surface area contributed by atoms with Gasteiger partial charge in [0.05, 0.1) is 33.4 Å². The lowest BCUT2D eigenvalue weighted by Gasteiger charge is -2.46. The molecule has 2 aromatic heterocycles. The molecule has 630 valence electrons. The van der Waals surface area contributed by atoms with Gasteiger partial charge in [0.2, 0.25) is 0 Å². The fourth-order valence-electron chi connectivity index (χ4n) is 22.9. The second-order valence-electron chi connectivity index (χ2n) is 37.7. The van der Waals surface area contributed by atoms with Crippen LogP contribution in [0.1, 0.15) is 26.3 Å². The Morgan fingerprint density at radius 1 is 0.193 bits per heavy atom. The van der Waals surface area contributed by atoms with Crippen molar-refractivity contribution in [2.24, 2.45) is 0 Å². The monoisotopic (exact) mass is 1710 g/mol. The highest BCUT2D eigenvalue weighted by molar-refractivity contribution is 7.00. The molecule has 2 aliphatic heterocycles. The van der Waals surface area contributed by atoms with Crippen LogP contribution in [0.5, 0.6) is 0 Å². The van der Waals surface area contributed by atoms with E-state index >= 15 is 0 Å². The lowest BCUT2D eigenvalue weighted by molar-refractivity contribution is 0.590. The van der Waals surface area contributed by atoms with Gasteiger partial charge in [0.1, 0.15) is 0 Å². The molecule has 0 atom stereocenters. The minimum atomic E-state index is -0.433. The lowest BCUT2D eigenvalue weighted by atomic mass is 9.33. The number of anilines is 6. The average Bonchev–Trinajstić information content (AvgIpc) is 1.67. The van der Waals surface area contributed by atoms with Crippen molar-refractivity contribution in [3.8, 4) is 100 Å². The zero-order valence-electron chi connectivity index (χ0n) is 74.9. The molecule has 0 saturated carbocycles. The van der Waals surface area contributed by atoms with Gasteiger partial charge in [0, 0.05) is 88.7 Å². The first-order chi connectivity index (χ1) is 66.6. The Morgan fingerprint density at radius 3 is 0.822 bits per heavy atom. The number of hydrogen-bond donors (Lipinski definition) is 0. The molecule has 135 heavy (non-hydrogen) atoms. The Bertz CT molecular complexity index is 8570. The van der Waals surface area contributed by atoms with Crippen LogP contribution in [0, 0.1) is 0 Å². The predicted octanol–water partition coefficient (Wildman–Crippen LogP) is 33.5. The predicted molar refractivity (Wildman–Crippen MR) is 576 cm³/mol. The molecule has 0 unspecified atom stereocenters. The van der Waals surface area contributed by atoms with E-state index in [0.717, 1.165) is 123 Å². The molecule has 5 heteroatoms. The van der Waals surface area contributed by atoms with Gasteiger partial charge in [-0.3, -0.25) is 0 Å². The van der Waals surface area contributed by atoms with Gasteiger partial charge in [-0.15, -0.1) is 0 Å². The quantitative estimate of drug-likeness (QED) is 0.113. The Hall–Kier alpha value is -17.1. The molecule has 0 fully saturated rings. The Labute approximate surface area is 784 Å². The summed E-state index contributed by atoms with van der Waals surface area (Å²) in [6.45, 7) is 6.89. The van der Waals surface area contributed by atoms with Crippen molar-refractivity contribution in [1.82, 2.24) is 9.13 Å². The highest BCUT2D eigenvalue weighted by Crippen LogP contribution is 2.57. The van der Waals surface area contributed by atoms with Gasteiger partial charge in [0.25, 0.3) is 6.71 Å². The SMILES string of the molecule is CC(C)(C)c1cc2c3c(c1)N(c1c(-c4ccccc4)cc(-c4cccc5ccccc45)cc1-c1ccccc1)c1cc(-n4c5ccc(-c6cccc7ccccc67)cc5c5ccc6ccccc6c54)ccc1B3c1ccc(-n3c4ccc(-c5cccc6ccccc56)cc4c4ccc5ccccc5c43)cc1N2c1c(-c2ccccc2)cc(-c2cccc3ccccc23)cc1-c1ccccc1. The van der Waals surface area contributed by atoms with Crippen molar-refractivity contribution < 1.29 is 0 Å². The van der Waals surface area contributed by atoms with Crippen molar-refractivity contribution in [2.45, 2.75) is 26.2 Å². The van der Waals surface area contributed by atoms with Crippen LogP contribution in [-0.4, -0.2) is 15.8 Å². The zero-order chi connectivity index (χ0) is 89.3. The molecule has 0 spiro atoms. The summed E-state index contributed by atoms with van der Waals surface area (Å²) >= 11 is 0. The zero-order valence-corrected chi connectivity index (χ0v) is 74.9. The molecule has 4 heterocycles. The van der Waals surface area contributed by atoms with Gasteiger partial charge in [-0.25, -0.2) is 0 Å². The van der Waals surface area contributed by atoms with Crippen molar-refractivity contribution in [2.75, 3.05) is 9.80 Å². The number of benzene rings is 23. The van der Waals surface area contributed by atoms with Gasteiger partial charge in [-0.05, 0) is 233 Å². The van der Waals surface area contributed by atoms with Crippen LogP contribution in [0.25, 0.3) is 209 Å². The number of aromatic nitrogens is 2. The second-order valence-corrected chi connectivity index (χ2v) is 37.7. The molecule has 0 bridgehead atoms. The first kappa shape index (κ1) is 77.8. The summed E-state index contributed by atoms with van der Waals surface area (Å²) in [7, 11) is 0. The van der Waals surface area contributed by atoms with E-state index in [2.05, 4.69) is 513 Å². The molecule has 23 aromatic carbocycles. The summed E-state index contributed by atoms with van der Waals surface area (Å²) in [6, 6.07) is 180. The number of rotatable bonds is 12. The van der Waals surface area contributed by atoms with Gasteiger partial charge in [-0.1, -0.05) is 409 Å². The average molecular weight is 1720 g/mol. The topological polar surface area (TPSA) is 16.3 Å². The van der Waals surface area contributed by atoms with Crippen molar-refractivity contribution in [3.63, 3.8) is 0 Å². The fraction of sp³-hybridized carbons (Fsp3) is 0.0308. The Kier molecular flexibility index (Phi) is 17.7. The standard InChI is InChI=1S/C130H87BN4/c1-130(2,3)96-78-123-125-124(79-96)135(129-113(88-36-12-6-13-37-88)76-95(77-114(129)89-38-14-7-15-39-89)106-59-31-49-85-43-19-25-53-102(85)106)122-81-98(133-120-71-63-93(104-57-29-47-83-41-17-23-51-100(83)104)73-116(120)110-67-61-91-45-21-27-55-108(91)127(110)133)65-69-118(122)131(125)117-68-64-97(132-119-70-62-92(103-56-28-46-82-40-16-22-50-99(82)103)72-115(119)109-66-60-90-44-20-26-54-107(90)126(109)132)80-121(117)134(123)128-111(86-32-8-4-9-33-86)74-94(75-112(128)87-34-10-5-11-35-87)105-58-30-48-84-42-18-24-52-101(84)105/h4-81H,1-3H3. The molecule has 0 radical (unpaired) electrons. The summed E-state index contributed by atoms with van der Waals surface area (Å²) in [4.78, 5) is 5.53. The Balaban J connectivity index is 0.808. The Morgan fingerprint density at radius 2 is 0.489 bits per heavy atom. The molecule has 0 N–H and O–H groups in total. The van der Waals surface area contributed by atoms with Gasteiger partial charge >= 0.3 is 0 Å². The largest absolute Gasteiger partial charge is 0.310 e. The third kappa shape index (κ3) is 12.4. The normalized spacial score (nSPS) is 12.5. The van der Waals surface area contributed by atoms with Crippen LogP contribution in [0.2, 0.25) is 0 Å². The summed E-state index contributed by atoms with van der Waals surface area (Å²) < 4.78 is 5.21. The van der Waals surface area contributed by atoms with Gasteiger partial charge < -0.3 is 18.9 Å². The fourth-order valence-corrected chi connectivity index (χ4v) is 22.9. The maximum atomic E-state index is 2.76. The smallest absolute Gasteiger partial charge is 0.252 e. The summed E-state index contributed by atoms with van der Waals surface area (Å²) in [5.74, 6) is 0. The van der Waals surface area contributed by atoms with Gasteiger partial charge in [-0.2, -0.15) is 0 Å². The van der Waals surface area contributed by atoms with E-state index in [1.165, 1.54) is 142 Å². The summed E-state index contributed by atoms with van der Waals surface area (Å²) in [5.41, 5.74) is 35.8. The molecule has 27 rings (SSSR count). The van der Waals surface area contributed by atoms with Crippen LogP contribution < -0.4 is 26.2 Å². The number of nitrogens with zero attached hydrogens (tertiary/aromatic N) is 4. The third-order valence-corrected chi connectivity index (χ3v) is 29.1. The highest BCUT2D eigenvalue weighted by atomic mass is 15.2. The van der Waals surface area contributed by atoms with E-state index in [-0.39, 0.29) is 6.71 Å². The lowest BCUT2D eigenvalue weighted by Crippen LogP contribution is -2.61. The van der Waals surface area contributed by atoms with Crippen molar-refractivity contribution in [3.05, 3.63) is 479 Å². The minimum absolute atomic E-state index is 0.361. The van der Waals surface area contributed by atoms with Crippen molar-refractivity contribution in [1.29, 1.82) is 0 Å². The highest BCUT2D eigenvalue weighted by Gasteiger charge is 2.47. The second kappa shape index (κ2) is 30.8. The van der Waals surface area contributed by atoms with Crippen LogP contribution in [-0.2, 0) is 5.41 Å². The van der Waals surface area contributed by atoms with E-state index in [9.17, 15) is 0 Å². The summed E-state index contributed by atoms with van der Waals surface area (Å²) in [6.07, 6.45) is 0. The van der Waals surface area contributed by atoms with Crippen LogP contribution in [0.3, 0.4) is 0 Å². The molecule has 4 nitrogen and oxygen atoms in total. The summed E-state index contributed by atoms with van der Waals surface area (Å²) in [5, 5.41) is 19.2. The van der Waals surface area contributed by atoms with E-state index in [4.69, 9.17) is 0 Å². The third-order valence-electron chi connectivity index (χ3n) is 29.1. The number of hydrogen-bond acceptors (Lipinski definition) is 2. The van der Waals surface area contributed by atoms with Gasteiger partial charge in [0.15, 0.2) is 0 Å². The van der Waals surface area contributed by atoms with E-state index < -0.39 is 5.41 Å². The van der Waals surface area contributed by atoms with E-state index in [1.807, 2.05) is 0 Å². The van der Waals surface area contributed by atoms with Crippen molar-refractivity contribution >= 4 is 165 Å². The molecular weight excluding hydrogens is 1630 g/mol. The molecular formula is C130H87BN4. The first-order valence-corrected chi connectivity index (χ1v) is 47.1. The molecule has 0 saturated heterocycles. The molecule has 25 aromatic rings. The maximum absolute atomic E-state index is 2.76. The molecule has 2 aliphatic rings.